The molecule has 0 saturated heterocycles. The fourth-order valence-corrected chi connectivity index (χ4v) is 2.36. The molecule has 0 aromatic heterocycles. The van der Waals surface area contributed by atoms with Crippen LogP contribution in [0.3, 0.4) is 0 Å². The van der Waals surface area contributed by atoms with Crippen LogP contribution in [0.15, 0.2) is 54.6 Å². The summed E-state index contributed by atoms with van der Waals surface area (Å²) in [5, 5.41) is 0. The Labute approximate surface area is 120 Å². The van der Waals surface area contributed by atoms with Crippen molar-refractivity contribution in [3.8, 4) is 5.75 Å². The van der Waals surface area contributed by atoms with E-state index in [0.717, 1.165) is 17.7 Å². The fraction of sp³-hybridized carbons (Fsp3) is 0.278. The summed E-state index contributed by atoms with van der Waals surface area (Å²) < 4.78 is 5.17. The van der Waals surface area contributed by atoms with Gasteiger partial charge in [-0.2, -0.15) is 0 Å². The third-order valence-corrected chi connectivity index (χ3v) is 3.59. The van der Waals surface area contributed by atoms with Gasteiger partial charge in [0.25, 0.3) is 0 Å². The van der Waals surface area contributed by atoms with E-state index >= 15 is 0 Å². The Bertz CT molecular complexity index is 561. The lowest BCUT2D eigenvalue weighted by atomic mass is 9.89. The number of benzene rings is 2. The lowest BCUT2D eigenvalue weighted by molar-refractivity contribution is 0.0972. The zero-order valence-corrected chi connectivity index (χ0v) is 12.0. The highest BCUT2D eigenvalue weighted by Crippen LogP contribution is 2.25. The van der Waals surface area contributed by atoms with E-state index in [1.807, 2.05) is 36.4 Å². The molecular weight excluding hydrogens is 248 g/mol. The minimum absolute atomic E-state index is 0.166. The van der Waals surface area contributed by atoms with E-state index in [9.17, 15) is 4.79 Å². The second kappa shape index (κ2) is 6.90. The van der Waals surface area contributed by atoms with Gasteiger partial charge < -0.3 is 4.74 Å². The maximum absolute atomic E-state index is 12.4. The molecule has 2 heteroatoms. The number of Topliss-reactive ketones (excluding diaryl/α,β-unsaturated/α-hetero) is 1. The number of ketones is 1. The number of rotatable bonds is 6. The van der Waals surface area contributed by atoms with Gasteiger partial charge in [0.15, 0.2) is 5.78 Å². The number of hydrogen-bond donors (Lipinski definition) is 0. The van der Waals surface area contributed by atoms with Crippen molar-refractivity contribution in [1.29, 1.82) is 0 Å². The normalized spacial score (nSPS) is 11.9. The van der Waals surface area contributed by atoms with Crippen LogP contribution in [0.2, 0.25) is 0 Å². The highest BCUT2D eigenvalue weighted by atomic mass is 16.5. The maximum Gasteiger partial charge on any atom is 0.163 e. The summed E-state index contributed by atoms with van der Waals surface area (Å²) in [4.78, 5) is 12.4. The van der Waals surface area contributed by atoms with E-state index in [0.29, 0.717) is 6.42 Å². The molecular formula is C18H20O2. The van der Waals surface area contributed by atoms with E-state index < -0.39 is 0 Å². The van der Waals surface area contributed by atoms with Gasteiger partial charge in [-0.3, -0.25) is 4.79 Å². The van der Waals surface area contributed by atoms with E-state index in [2.05, 4.69) is 19.1 Å². The van der Waals surface area contributed by atoms with Gasteiger partial charge in [-0.1, -0.05) is 49.4 Å². The molecule has 2 aromatic carbocycles. The zero-order valence-electron chi connectivity index (χ0n) is 12.0. The largest absolute Gasteiger partial charge is 0.497 e. The Morgan fingerprint density at radius 2 is 1.85 bits per heavy atom. The highest BCUT2D eigenvalue weighted by Gasteiger charge is 2.15. The maximum atomic E-state index is 12.4. The lowest BCUT2D eigenvalue weighted by Gasteiger charge is -2.14. The molecule has 0 aliphatic rings. The number of ether oxygens (including phenoxy) is 1. The summed E-state index contributed by atoms with van der Waals surface area (Å²) in [6, 6.07) is 17.6. The van der Waals surface area contributed by atoms with Crippen molar-refractivity contribution >= 4 is 5.78 Å². The summed E-state index contributed by atoms with van der Waals surface area (Å²) in [7, 11) is 1.61. The van der Waals surface area contributed by atoms with Crippen LogP contribution in [0.4, 0.5) is 0 Å². The third-order valence-electron chi connectivity index (χ3n) is 3.59. The minimum atomic E-state index is 0.166. The van der Waals surface area contributed by atoms with Gasteiger partial charge in [0.2, 0.25) is 0 Å². The summed E-state index contributed by atoms with van der Waals surface area (Å²) in [5.41, 5.74) is 1.95. The monoisotopic (exact) mass is 268 g/mol. The first-order valence-electron chi connectivity index (χ1n) is 6.96. The summed E-state index contributed by atoms with van der Waals surface area (Å²) >= 11 is 0. The number of carbonyl (C=O) groups excluding carboxylic acids is 1. The molecule has 2 aromatic rings. The molecule has 2 nitrogen and oxygen atoms in total. The van der Waals surface area contributed by atoms with Gasteiger partial charge in [-0.05, 0) is 30.0 Å². The van der Waals surface area contributed by atoms with Crippen LogP contribution < -0.4 is 4.74 Å². The second-order valence-corrected chi connectivity index (χ2v) is 4.88. The van der Waals surface area contributed by atoms with Crippen LogP contribution in [0.5, 0.6) is 5.75 Å². The van der Waals surface area contributed by atoms with Crippen molar-refractivity contribution in [2.45, 2.75) is 25.7 Å². The molecule has 0 spiro atoms. The molecule has 0 fully saturated rings. The smallest absolute Gasteiger partial charge is 0.163 e. The molecule has 0 N–H and O–H groups in total. The van der Waals surface area contributed by atoms with Gasteiger partial charge in [0.1, 0.15) is 5.75 Å². The summed E-state index contributed by atoms with van der Waals surface area (Å²) in [5.74, 6) is 1.16. The minimum Gasteiger partial charge on any atom is -0.497 e. The van der Waals surface area contributed by atoms with Crippen molar-refractivity contribution in [1.82, 2.24) is 0 Å². The lowest BCUT2D eigenvalue weighted by Crippen LogP contribution is -2.07. The number of methoxy groups -OCH3 is 1. The third kappa shape index (κ3) is 3.47. The molecule has 2 rings (SSSR count). The van der Waals surface area contributed by atoms with Gasteiger partial charge in [-0.25, -0.2) is 0 Å². The first-order valence-corrected chi connectivity index (χ1v) is 6.96. The summed E-state index contributed by atoms with van der Waals surface area (Å²) in [6.45, 7) is 2.12. The van der Waals surface area contributed by atoms with Gasteiger partial charge >= 0.3 is 0 Å². The Morgan fingerprint density at radius 1 is 1.10 bits per heavy atom. The van der Waals surface area contributed by atoms with Crippen LogP contribution in [-0.4, -0.2) is 12.9 Å². The van der Waals surface area contributed by atoms with Crippen LogP contribution >= 0.6 is 0 Å². The van der Waals surface area contributed by atoms with Crippen molar-refractivity contribution < 1.29 is 9.53 Å². The Kier molecular flexibility index (Phi) is 4.94. The average molecular weight is 268 g/mol. The predicted octanol–water partition coefficient (Wildman–Crippen LogP) is 4.46. The first kappa shape index (κ1) is 14.3. The molecule has 1 atom stereocenters. The van der Waals surface area contributed by atoms with Crippen molar-refractivity contribution in [3.05, 3.63) is 65.7 Å². The fourth-order valence-electron chi connectivity index (χ4n) is 2.36. The van der Waals surface area contributed by atoms with E-state index in [4.69, 9.17) is 4.74 Å². The molecule has 0 amide bonds. The van der Waals surface area contributed by atoms with Crippen LogP contribution in [0.1, 0.15) is 41.6 Å². The van der Waals surface area contributed by atoms with E-state index in [1.54, 1.807) is 13.2 Å². The topological polar surface area (TPSA) is 26.3 Å². The Morgan fingerprint density at radius 3 is 2.50 bits per heavy atom. The standard InChI is InChI=1S/C18H20O2/c1-3-14(15-8-5-4-6-9-15)13-18(19)16-10-7-11-17(12-16)20-2/h4-12,14H,3,13H2,1-2H3/t14-/m0/s1. The number of carbonyl (C=O) groups is 1. The zero-order chi connectivity index (χ0) is 14.4. The number of hydrogen-bond acceptors (Lipinski definition) is 2. The highest BCUT2D eigenvalue weighted by molar-refractivity contribution is 5.96. The molecule has 0 radical (unpaired) electrons. The molecule has 0 bridgehead atoms. The van der Waals surface area contributed by atoms with Crippen LogP contribution in [0.25, 0.3) is 0 Å². The quantitative estimate of drug-likeness (QED) is 0.723. The Hall–Kier alpha value is -2.09. The summed E-state index contributed by atoms with van der Waals surface area (Å²) in [6.07, 6.45) is 1.49. The van der Waals surface area contributed by atoms with Crippen molar-refractivity contribution in [3.63, 3.8) is 0 Å². The second-order valence-electron chi connectivity index (χ2n) is 4.88. The Balaban J connectivity index is 2.13. The molecule has 104 valence electrons. The molecule has 20 heavy (non-hydrogen) atoms. The van der Waals surface area contributed by atoms with Crippen molar-refractivity contribution in [2.75, 3.05) is 7.11 Å². The molecule has 0 saturated carbocycles. The van der Waals surface area contributed by atoms with Crippen molar-refractivity contribution in [2.24, 2.45) is 0 Å². The SMILES string of the molecule is CC[C@@H](CC(=O)c1cccc(OC)c1)c1ccccc1. The van der Waals surface area contributed by atoms with Gasteiger partial charge in [0, 0.05) is 12.0 Å². The molecule has 0 unspecified atom stereocenters. The van der Waals surface area contributed by atoms with Crippen LogP contribution in [-0.2, 0) is 0 Å². The molecule has 0 aliphatic carbocycles. The predicted molar refractivity (Wildman–Crippen MR) is 81.4 cm³/mol. The van der Waals surface area contributed by atoms with Gasteiger partial charge in [-0.15, -0.1) is 0 Å². The average Bonchev–Trinajstić information content (AvgIpc) is 2.53. The molecule has 0 aliphatic heterocycles. The van der Waals surface area contributed by atoms with Gasteiger partial charge in [0.05, 0.1) is 7.11 Å². The molecule has 0 heterocycles. The van der Waals surface area contributed by atoms with E-state index in [-0.39, 0.29) is 11.7 Å². The van der Waals surface area contributed by atoms with Crippen LogP contribution in [0, 0.1) is 0 Å². The first-order chi connectivity index (χ1) is 9.74. The van der Waals surface area contributed by atoms with E-state index in [1.165, 1.54) is 5.56 Å².